The van der Waals surface area contributed by atoms with Crippen molar-refractivity contribution in [3.05, 3.63) is 59.7 Å². The van der Waals surface area contributed by atoms with E-state index < -0.39 is 0 Å². The van der Waals surface area contributed by atoms with Gasteiger partial charge in [-0.05, 0) is 54.2 Å². The van der Waals surface area contributed by atoms with E-state index in [1.165, 1.54) is 12.0 Å². The summed E-state index contributed by atoms with van der Waals surface area (Å²) in [4.78, 5) is 27.2. The van der Waals surface area contributed by atoms with Gasteiger partial charge in [0.25, 0.3) is 0 Å². The maximum atomic E-state index is 12.7. The van der Waals surface area contributed by atoms with Crippen molar-refractivity contribution < 1.29 is 9.59 Å². The van der Waals surface area contributed by atoms with Crippen LogP contribution >= 0.6 is 11.8 Å². The zero-order valence-corrected chi connectivity index (χ0v) is 18.6. The first-order valence-electron chi connectivity index (χ1n) is 11.0. The molecule has 2 fully saturated rings. The summed E-state index contributed by atoms with van der Waals surface area (Å²) in [6.45, 7) is 4.34. The van der Waals surface area contributed by atoms with Gasteiger partial charge in [0.15, 0.2) is 0 Å². The number of nitrogens with one attached hydrogen (secondary N) is 1. The van der Waals surface area contributed by atoms with Gasteiger partial charge < -0.3 is 5.32 Å². The van der Waals surface area contributed by atoms with Crippen molar-refractivity contribution in [2.45, 2.75) is 57.2 Å². The minimum absolute atomic E-state index is 0.0751. The van der Waals surface area contributed by atoms with Crippen molar-refractivity contribution in [3.8, 4) is 0 Å². The minimum Gasteiger partial charge on any atom is -0.326 e. The van der Waals surface area contributed by atoms with Crippen LogP contribution < -0.4 is 10.2 Å². The van der Waals surface area contributed by atoms with Crippen molar-refractivity contribution in [2.75, 3.05) is 16.0 Å². The van der Waals surface area contributed by atoms with Gasteiger partial charge in [-0.2, -0.15) is 0 Å². The first kappa shape index (κ1) is 21.0. The van der Waals surface area contributed by atoms with E-state index in [-0.39, 0.29) is 23.1 Å². The van der Waals surface area contributed by atoms with Crippen LogP contribution in [0.25, 0.3) is 0 Å². The fraction of sp³-hybridized carbons (Fsp3) is 0.440. The quantitative estimate of drug-likeness (QED) is 0.633. The van der Waals surface area contributed by atoms with Crippen LogP contribution in [0.15, 0.2) is 48.5 Å². The van der Waals surface area contributed by atoms with Gasteiger partial charge in [-0.15, -0.1) is 11.8 Å². The number of hydrogen-bond acceptors (Lipinski definition) is 3. The lowest BCUT2D eigenvalue weighted by Gasteiger charge is -2.25. The van der Waals surface area contributed by atoms with Crippen molar-refractivity contribution in [3.63, 3.8) is 0 Å². The summed E-state index contributed by atoms with van der Waals surface area (Å²) in [5, 5.41) is 3.03. The first-order chi connectivity index (χ1) is 14.5. The average molecular weight is 423 g/mol. The van der Waals surface area contributed by atoms with E-state index in [2.05, 4.69) is 31.3 Å². The van der Waals surface area contributed by atoms with Gasteiger partial charge in [-0.25, -0.2) is 0 Å². The second-order valence-corrected chi connectivity index (χ2v) is 9.69. The highest BCUT2D eigenvalue weighted by molar-refractivity contribution is 8.00. The van der Waals surface area contributed by atoms with Crippen molar-refractivity contribution in [1.82, 2.24) is 0 Å². The molecule has 4 nitrogen and oxygen atoms in total. The highest BCUT2D eigenvalue weighted by atomic mass is 32.2. The highest BCUT2D eigenvalue weighted by Gasteiger charge is 2.34. The Kier molecular flexibility index (Phi) is 6.47. The topological polar surface area (TPSA) is 49.4 Å². The number of nitrogens with zero attached hydrogens (tertiary/aromatic N) is 1. The Labute approximate surface area is 183 Å². The normalized spacial score (nSPS) is 20.0. The molecular formula is C25H30N2O2S. The summed E-state index contributed by atoms with van der Waals surface area (Å²) >= 11 is 1.64. The average Bonchev–Trinajstić information content (AvgIpc) is 3.16. The molecule has 2 aromatic carbocycles. The third kappa shape index (κ3) is 4.56. The third-order valence-corrected chi connectivity index (χ3v) is 7.33. The predicted molar refractivity (Wildman–Crippen MR) is 125 cm³/mol. The molecule has 2 amide bonds. The van der Waals surface area contributed by atoms with Gasteiger partial charge in [0.2, 0.25) is 11.8 Å². The highest BCUT2D eigenvalue weighted by Crippen LogP contribution is 2.42. The molecule has 5 heteroatoms. The van der Waals surface area contributed by atoms with Gasteiger partial charge >= 0.3 is 0 Å². The van der Waals surface area contributed by atoms with Crippen LogP contribution in [-0.4, -0.2) is 17.6 Å². The zero-order valence-electron chi connectivity index (χ0n) is 17.8. The Morgan fingerprint density at radius 2 is 1.80 bits per heavy atom. The standard InChI is InChI=1S/C25H30N2O2S/c1-17(2)18-11-13-22(14-12-18)27-23(28)16-30-25(27)20-9-6-10-21(15-20)26-24(29)19-7-4-3-5-8-19/h6,9-15,17,19,25H,3-5,7-8,16H2,1-2H3,(H,26,29)/t25-/m1/s1. The van der Waals surface area contributed by atoms with Gasteiger partial charge in [0.1, 0.15) is 5.37 Å². The summed E-state index contributed by atoms with van der Waals surface area (Å²) in [7, 11) is 0. The molecule has 158 valence electrons. The monoisotopic (exact) mass is 422 g/mol. The number of rotatable bonds is 5. The maximum Gasteiger partial charge on any atom is 0.238 e. The number of hydrogen-bond donors (Lipinski definition) is 1. The number of anilines is 2. The summed E-state index contributed by atoms with van der Waals surface area (Å²) in [6, 6.07) is 16.3. The Morgan fingerprint density at radius 3 is 2.50 bits per heavy atom. The molecule has 4 rings (SSSR count). The summed E-state index contributed by atoms with van der Waals surface area (Å²) in [5.74, 6) is 1.31. The van der Waals surface area contributed by atoms with Crippen molar-refractivity contribution >= 4 is 35.0 Å². The third-order valence-electron chi connectivity index (χ3n) is 6.12. The largest absolute Gasteiger partial charge is 0.326 e. The molecule has 1 heterocycles. The molecule has 2 aliphatic rings. The lowest BCUT2D eigenvalue weighted by Crippen LogP contribution is -2.28. The Hall–Kier alpha value is -2.27. The zero-order chi connectivity index (χ0) is 21.1. The van der Waals surface area contributed by atoms with E-state index in [4.69, 9.17) is 0 Å². The molecule has 1 atom stereocenters. The van der Waals surface area contributed by atoms with Crippen LogP contribution in [-0.2, 0) is 9.59 Å². The van der Waals surface area contributed by atoms with Crippen LogP contribution in [0.3, 0.4) is 0 Å². The minimum atomic E-state index is -0.0751. The molecule has 1 saturated carbocycles. The predicted octanol–water partition coefficient (Wildman–Crippen LogP) is 6.11. The van der Waals surface area contributed by atoms with Crippen LogP contribution in [0.5, 0.6) is 0 Å². The molecule has 0 bridgehead atoms. The number of thioether (sulfide) groups is 1. The summed E-state index contributed by atoms with van der Waals surface area (Å²) in [5.41, 5.74) is 4.05. The number of carbonyl (C=O) groups excluding carboxylic acids is 2. The molecule has 1 aliphatic carbocycles. The van der Waals surface area contributed by atoms with Crippen molar-refractivity contribution in [1.29, 1.82) is 0 Å². The molecule has 1 N–H and O–H groups in total. The second kappa shape index (κ2) is 9.25. The second-order valence-electron chi connectivity index (χ2n) is 8.62. The number of carbonyl (C=O) groups is 2. The summed E-state index contributed by atoms with van der Waals surface area (Å²) < 4.78 is 0. The van der Waals surface area contributed by atoms with E-state index in [1.54, 1.807) is 11.8 Å². The van der Waals surface area contributed by atoms with E-state index in [0.717, 1.165) is 42.6 Å². The van der Waals surface area contributed by atoms with Gasteiger partial charge in [0, 0.05) is 17.3 Å². The Morgan fingerprint density at radius 1 is 1.07 bits per heavy atom. The molecule has 1 aliphatic heterocycles. The van der Waals surface area contributed by atoms with Crippen LogP contribution in [0.4, 0.5) is 11.4 Å². The molecule has 0 spiro atoms. The van der Waals surface area contributed by atoms with E-state index in [9.17, 15) is 9.59 Å². The summed E-state index contributed by atoms with van der Waals surface area (Å²) in [6.07, 6.45) is 5.49. The number of benzene rings is 2. The van der Waals surface area contributed by atoms with Gasteiger partial charge in [-0.3, -0.25) is 14.5 Å². The molecule has 0 aromatic heterocycles. The molecule has 2 aromatic rings. The van der Waals surface area contributed by atoms with Gasteiger partial charge in [-0.1, -0.05) is 57.4 Å². The molecule has 0 unspecified atom stereocenters. The Bertz CT molecular complexity index is 904. The lowest BCUT2D eigenvalue weighted by molar-refractivity contribution is -0.120. The maximum absolute atomic E-state index is 12.7. The molecule has 0 radical (unpaired) electrons. The first-order valence-corrected chi connectivity index (χ1v) is 12.0. The SMILES string of the molecule is CC(C)c1ccc(N2C(=O)CS[C@@H]2c2cccc(NC(=O)C3CCCCC3)c2)cc1. The molecule has 1 saturated heterocycles. The van der Waals surface area contributed by atoms with E-state index in [1.807, 2.05) is 41.3 Å². The van der Waals surface area contributed by atoms with Gasteiger partial charge in [0.05, 0.1) is 5.75 Å². The number of amides is 2. The Balaban J connectivity index is 1.52. The fourth-order valence-electron chi connectivity index (χ4n) is 4.35. The molecular weight excluding hydrogens is 392 g/mol. The van der Waals surface area contributed by atoms with Crippen LogP contribution in [0.2, 0.25) is 0 Å². The van der Waals surface area contributed by atoms with Crippen LogP contribution in [0, 0.1) is 5.92 Å². The van der Waals surface area contributed by atoms with E-state index >= 15 is 0 Å². The fourth-order valence-corrected chi connectivity index (χ4v) is 5.52. The van der Waals surface area contributed by atoms with Crippen LogP contribution in [0.1, 0.15) is 68.4 Å². The molecule has 30 heavy (non-hydrogen) atoms. The lowest BCUT2D eigenvalue weighted by atomic mass is 9.88. The smallest absolute Gasteiger partial charge is 0.238 e. The van der Waals surface area contributed by atoms with Crippen molar-refractivity contribution in [2.24, 2.45) is 5.92 Å². The van der Waals surface area contributed by atoms with E-state index in [0.29, 0.717) is 11.7 Å².